The lowest BCUT2D eigenvalue weighted by Gasteiger charge is -2.38. The number of piperidine rings is 1. The van der Waals surface area contributed by atoms with Crippen LogP contribution in [0.15, 0.2) is 0 Å². The zero-order valence-electron chi connectivity index (χ0n) is 10.5. The van der Waals surface area contributed by atoms with Crippen molar-refractivity contribution in [2.75, 3.05) is 6.54 Å². The Hall–Kier alpha value is -0.0400. The van der Waals surface area contributed by atoms with E-state index in [0.29, 0.717) is 0 Å². The van der Waals surface area contributed by atoms with Crippen LogP contribution in [0.5, 0.6) is 0 Å². The first kappa shape index (κ1) is 11.4. The van der Waals surface area contributed by atoms with Crippen molar-refractivity contribution in [1.82, 2.24) is 5.32 Å². The molecule has 88 valence electrons. The van der Waals surface area contributed by atoms with Crippen molar-refractivity contribution in [2.45, 2.75) is 64.8 Å². The van der Waals surface area contributed by atoms with Crippen LogP contribution in [0.3, 0.4) is 0 Å². The first-order valence-electron chi connectivity index (χ1n) is 7.03. The van der Waals surface area contributed by atoms with E-state index in [0.717, 1.165) is 23.8 Å². The van der Waals surface area contributed by atoms with Crippen LogP contribution in [-0.4, -0.2) is 12.6 Å². The molecular formula is C14H27N. The Labute approximate surface area is 95.0 Å². The van der Waals surface area contributed by atoms with Crippen molar-refractivity contribution in [3.63, 3.8) is 0 Å². The number of nitrogens with one attached hydrogen (secondary N) is 1. The van der Waals surface area contributed by atoms with Crippen LogP contribution < -0.4 is 5.32 Å². The van der Waals surface area contributed by atoms with Gasteiger partial charge in [0.2, 0.25) is 0 Å². The molecule has 1 saturated carbocycles. The fourth-order valence-electron chi connectivity index (χ4n) is 3.61. The molecule has 4 atom stereocenters. The van der Waals surface area contributed by atoms with E-state index in [-0.39, 0.29) is 0 Å². The van der Waals surface area contributed by atoms with Gasteiger partial charge in [0.25, 0.3) is 0 Å². The minimum atomic E-state index is 0.853. The molecule has 0 aromatic carbocycles. The molecule has 0 radical (unpaired) electrons. The second-order valence-electron chi connectivity index (χ2n) is 5.89. The Morgan fingerprint density at radius 1 is 1.13 bits per heavy atom. The molecule has 0 aromatic rings. The zero-order chi connectivity index (χ0) is 10.7. The van der Waals surface area contributed by atoms with Gasteiger partial charge >= 0.3 is 0 Å². The highest BCUT2D eigenvalue weighted by Crippen LogP contribution is 2.34. The predicted molar refractivity (Wildman–Crippen MR) is 65.9 cm³/mol. The summed E-state index contributed by atoms with van der Waals surface area (Å²) in [7, 11) is 0. The van der Waals surface area contributed by atoms with Crippen molar-refractivity contribution >= 4 is 0 Å². The molecule has 2 fully saturated rings. The monoisotopic (exact) mass is 209 g/mol. The quantitative estimate of drug-likeness (QED) is 0.733. The van der Waals surface area contributed by atoms with Gasteiger partial charge in [-0.3, -0.25) is 0 Å². The molecule has 1 saturated heterocycles. The maximum absolute atomic E-state index is 3.77. The molecule has 15 heavy (non-hydrogen) atoms. The van der Waals surface area contributed by atoms with Crippen molar-refractivity contribution in [3.8, 4) is 0 Å². The summed E-state index contributed by atoms with van der Waals surface area (Å²) in [5.41, 5.74) is 0. The van der Waals surface area contributed by atoms with E-state index >= 15 is 0 Å². The number of hydrogen-bond acceptors (Lipinski definition) is 1. The van der Waals surface area contributed by atoms with E-state index < -0.39 is 0 Å². The number of hydrogen-bond donors (Lipinski definition) is 1. The van der Waals surface area contributed by atoms with E-state index in [1.807, 2.05) is 0 Å². The molecule has 0 spiro atoms. The molecule has 1 nitrogen and oxygen atoms in total. The molecule has 0 amide bonds. The lowest BCUT2D eigenvalue weighted by atomic mass is 9.74. The van der Waals surface area contributed by atoms with E-state index in [4.69, 9.17) is 0 Å². The Balaban J connectivity index is 1.86. The molecule has 1 N–H and O–H groups in total. The second-order valence-corrected chi connectivity index (χ2v) is 5.89. The molecule has 1 aliphatic carbocycles. The highest BCUT2D eigenvalue weighted by atomic mass is 14.9. The third kappa shape index (κ3) is 2.96. The normalized spacial score (nSPS) is 42.8. The Kier molecular flexibility index (Phi) is 4.07. The lowest BCUT2D eigenvalue weighted by molar-refractivity contribution is 0.170. The summed E-state index contributed by atoms with van der Waals surface area (Å²) in [5.74, 6) is 2.98. The fraction of sp³-hybridized carbons (Fsp3) is 1.00. The third-order valence-corrected chi connectivity index (χ3v) is 4.67. The summed E-state index contributed by atoms with van der Waals surface area (Å²) in [6.07, 6.45) is 10.2. The van der Waals surface area contributed by atoms with Crippen LogP contribution in [0.25, 0.3) is 0 Å². The molecular weight excluding hydrogens is 182 g/mol. The summed E-state index contributed by atoms with van der Waals surface area (Å²) in [6, 6.07) is 0.853. The topological polar surface area (TPSA) is 12.0 Å². The van der Waals surface area contributed by atoms with Crippen molar-refractivity contribution < 1.29 is 0 Å². The molecule has 1 heteroatoms. The standard InChI is InChI=1S/C14H27N/c1-3-12-7-8-15-14(10-12)13-6-4-5-11(2)9-13/h11-15H,3-10H2,1-2H3. The summed E-state index contributed by atoms with van der Waals surface area (Å²) < 4.78 is 0. The minimum absolute atomic E-state index is 0.853. The van der Waals surface area contributed by atoms with Gasteiger partial charge in [-0.15, -0.1) is 0 Å². The van der Waals surface area contributed by atoms with Gasteiger partial charge in [0.15, 0.2) is 0 Å². The van der Waals surface area contributed by atoms with Crippen molar-refractivity contribution in [3.05, 3.63) is 0 Å². The van der Waals surface area contributed by atoms with Crippen molar-refractivity contribution in [1.29, 1.82) is 0 Å². The third-order valence-electron chi connectivity index (χ3n) is 4.67. The molecule has 1 heterocycles. The fourth-order valence-corrected chi connectivity index (χ4v) is 3.61. The van der Waals surface area contributed by atoms with Gasteiger partial charge in [-0.1, -0.05) is 33.1 Å². The minimum Gasteiger partial charge on any atom is -0.314 e. The molecule has 2 aliphatic rings. The van der Waals surface area contributed by atoms with E-state index in [1.54, 1.807) is 0 Å². The maximum Gasteiger partial charge on any atom is 0.00980 e. The van der Waals surface area contributed by atoms with Gasteiger partial charge in [-0.25, -0.2) is 0 Å². The Bertz CT molecular complexity index is 190. The first-order valence-corrected chi connectivity index (χ1v) is 7.03. The smallest absolute Gasteiger partial charge is 0.00980 e. The summed E-state index contributed by atoms with van der Waals surface area (Å²) in [4.78, 5) is 0. The Morgan fingerprint density at radius 2 is 2.00 bits per heavy atom. The van der Waals surface area contributed by atoms with Crippen LogP contribution >= 0.6 is 0 Å². The van der Waals surface area contributed by atoms with E-state index in [9.17, 15) is 0 Å². The molecule has 4 unspecified atom stereocenters. The summed E-state index contributed by atoms with van der Waals surface area (Å²) in [5, 5.41) is 3.77. The zero-order valence-corrected chi connectivity index (χ0v) is 10.5. The SMILES string of the molecule is CCC1CCNC(C2CCCC(C)C2)C1. The van der Waals surface area contributed by atoms with Crippen LogP contribution in [0.4, 0.5) is 0 Å². The maximum atomic E-state index is 3.77. The highest BCUT2D eigenvalue weighted by Gasteiger charge is 2.30. The lowest BCUT2D eigenvalue weighted by Crippen LogP contribution is -2.44. The van der Waals surface area contributed by atoms with Crippen LogP contribution in [0, 0.1) is 17.8 Å². The molecule has 0 aromatic heterocycles. The van der Waals surface area contributed by atoms with E-state index in [1.165, 1.54) is 51.5 Å². The van der Waals surface area contributed by atoms with Crippen LogP contribution in [0.1, 0.15) is 58.8 Å². The van der Waals surface area contributed by atoms with Gasteiger partial charge < -0.3 is 5.32 Å². The van der Waals surface area contributed by atoms with E-state index in [2.05, 4.69) is 19.2 Å². The molecule has 1 aliphatic heterocycles. The van der Waals surface area contributed by atoms with Gasteiger partial charge in [0, 0.05) is 6.04 Å². The van der Waals surface area contributed by atoms with Crippen molar-refractivity contribution in [2.24, 2.45) is 17.8 Å². The summed E-state index contributed by atoms with van der Waals surface area (Å²) >= 11 is 0. The molecule has 2 rings (SSSR count). The average Bonchev–Trinajstić information content (AvgIpc) is 2.29. The highest BCUT2D eigenvalue weighted by molar-refractivity contribution is 4.86. The number of rotatable bonds is 2. The second kappa shape index (κ2) is 5.34. The van der Waals surface area contributed by atoms with Gasteiger partial charge in [-0.2, -0.15) is 0 Å². The molecule has 0 bridgehead atoms. The first-order chi connectivity index (χ1) is 7.29. The van der Waals surface area contributed by atoms with Crippen LogP contribution in [-0.2, 0) is 0 Å². The Morgan fingerprint density at radius 3 is 2.73 bits per heavy atom. The van der Waals surface area contributed by atoms with Gasteiger partial charge in [-0.05, 0) is 50.0 Å². The van der Waals surface area contributed by atoms with Gasteiger partial charge in [0.05, 0.1) is 0 Å². The largest absolute Gasteiger partial charge is 0.314 e. The summed E-state index contributed by atoms with van der Waals surface area (Å²) in [6.45, 7) is 6.07. The van der Waals surface area contributed by atoms with Gasteiger partial charge in [0.1, 0.15) is 0 Å². The predicted octanol–water partition coefficient (Wildman–Crippen LogP) is 3.59. The average molecular weight is 209 g/mol. The van der Waals surface area contributed by atoms with Crippen LogP contribution in [0.2, 0.25) is 0 Å².